The quantitative estimate of drug-likeness (QED) is 0.518. The first-order valence-electron chi connectivity index (χ1n) is 6.68. The molecule has 1 heterocycles. The third kappa shape index (κ3) is 4.58. The van der Waals surface area contributed by atoms with Crippen molar-refractivity contribution < 1.29 is 9.15 Å². The molecule has 1 aromatic heterocycles. The highest BCUT2D eigenvalue weighted by Gasteiger charge is 2.07. The SMILES string of the molecule is C=CCSCc1cc(COCc2ccccc2)c(C)o1. The van der Waals surface area contributed by atoms with Crippen molar-refractivity contribution in [2.45, 2.75) is 25.9 Å². The van der Waals surface area contributed by atoms with E-state index in [9.17, 15) is 0 Å². The summed E-state index contributed by atoms with van der Waals surface area (Å²) in [6.45, 7) is 6.93. The van der Waals surface area contributed by atoms with Crippen LogP contribution in [0.5, 0.6) is 0 Å². The van der Waals surface area contributed by atoms with Gasteiger partial charge in [0.05, 0.1) is 19.0 Å². The largest absolute Gasteiger partial charge is 0.465 e. The summed E-state index contributed by atoms with van der Waals surface area (Å²) in [5.41, 5.74) is 2.32. The first kappa shape index (κ1) is 14.9. The number of hydrogen-bond acceptors (Lipinski definition) is 3. The molecular weight excluding hydrogens is 268 g/mol. The third-order valence-electron chi connectivity index (χ3n) is 2.92. The van der Waals surface area contributed by atoms with Crippen LogP contribution in [-0.2, 0) is 23.7 Å². The van der Waals surface area contributed by atoms with Crippen molar-refractivity contribution in [1.82, 2.24) is 0 Å². The molecule has 0 aliphatic heterocycles. The molecule has 0 amide bonds. The Balaban J connectivity index is 1.82. The van der Waals surface area contributed by atoms with Gasteiger partial charge in [0.1, 0.15) is 11.5 Å². The van der Waals surface area contributed by atoms with E-state index < -0.39 is 0 Å². The van der Waals surface area contributed by atoms with E-state index in [-0.39, 0.29) is 0 Å². The lowest BCUT2D eigenvalue weighted by molar-refractivity contribution is 0.106. The zero-order valence-electron chi connectivity index (χ0n) is 11.8. The van der Waals surface area contributed by atoms with Gasteiger partial charge in [-0.25, -0.2) is 0 Å². The van der Waals surface area contributed by atoms with Crippen LogP contribution in [0.15, 0.2) is 53.5 Å². The van der Waals surface area contributed by atoms with Gasteiger partial charge >= 0.3 is 0 Å². The Morgan fingerprint density at radius 1 is 1.25 bits per heavy atom. The molecule has 20 heavy (non-hydrogen) atoms. The minimum absolute atomic E-state index is 0.594. The number of aryl methyl sites for hydroxylation is 1. The van der Waals surface area contributed by atoms with Gasteiger partial charge in [-0.05, 0) is 18.6 Å². The van der Waals surface area contributed by atoms with Crippen LogP contribution < -0.4 is 0 Å². The molecule has 2 rings (SSSR count). The normalized spacial score (nSPS) is 10.7. The number of rotatable bonds is 8. The van der Waals surface area contributed by atoms with Crippen molar-refractivity contribution >= 4 is 11.8 Å². The minimum Gasteiger partial charge on any atom is -0.465 e. The fourth-order valence-corrected chi connectivity index (χ4v) is 2.53. The van der Waals surface area contributed by atoms with E-state index >= 15 is 0 Å². The molecule has 0 fully saturated rings. The number of thioether (sulfide) groups is 1. The van der Waals surface area contributed by atoms with Gasteiger partial charge in [0.15, 0.2) is 0 Å². The summed E-state index contributed by atoms with van der Waals surface area (Å²) < 4.78 is 11.5. The molecule has 2 nitrogen and oxygen atoms in total. The molecule has 1 aromatic carbocycles. The zero-order chi connectivity index (χ0) is 14.2. The summed E-state index contributed by atoms with van der Waals surface area (Å²) in [7, 11) is 0. The first-order chi connectivity index (χ1) is 9.79. The molecule has 0 aliphatic carbocycles. The predicted molar refractivity (Wildman–Crippen MR) is 84.7 cm³/mol. The summed E-state index contributed by atoms with van der Waals surface area (Å²) in [6.07, 6.45) is 1.91. The van der Waals surface area contributed by atoms with Crippen LogP contribution in [0.25, 0.3) is 0 Å². The fourth-order valence-electron chi connectivity index (χ4n) is 1.90. The van der Waals surface area contributed by atoms with Crippen molar-refractivity contribution in [2.24, 2.45) is 0 Å². The van der Waals surface area contributed by atoms with E-state index in [1.165, 1.54) is 5.56 Å². The average Bonchev–Trinajstić information content (AvgIpc) is 2.81. The van der Waals surface area contributed by atoms with Crippen molar-refractivity contribution in [3.05, 3.63) is 71.7 Å². The van der Waals surface area contributed by atoms with Crippen LogP contribution in [0, 0.1) is 6.92 Å². The molecule has 2 aromatic rings. The van der Waals surface area contributed by atoms with Crippen molar-refractivity contribution in [3.8, 4) is 0 Å². The summed E-state index contributed by atoms with van der Waals surface area (Å²) >= 11 is 1.80. The lowest BCUT2D eigenvalue weighted by Gasteiger charge is -2.03. The molecule has 0 saturated carbocycles. The number of benzene rings is 1. The van der Waals surface area contributed by atoms with Gasteiger partial charge in [-0.2, -0.15) is 0 Å². The molecule has 106 valence electrons. The van der Waals surface area contributed by atoms with E-state index in [1.54, 1.807) is 11.8 Å². The van der Waals surface area contributed by atoms with Gasteiger partial charge in [0.25, 0.3) is 0 Å². The van der Waals surface area contributed by atoms with Gasteiger partial charge in [-0.15, -0.1) is 18.3 Å². The summed E-state index contributed by atoms with van der Waals surface area (Å²) in [4.78, 5) is 0. The third-order valence-corrected chi connectivity index (χ3v) is 3.88. The van der Waals surface area contributed by atoms with Crippen LogP contribution in [0.1, 0.15) is 22.6 Å². The lowest BCUT2D eigenvalue weighted by Crippen LogP contribution is -1.93. The van der Waals surface area contributed by atoms with E-state index in [4.69, 9.17) is 9.15 Å². The Labute approximate surface area is 124 Å². The van der Waals surface area contributed by atoms with Gasteiger partial charge in [-0.3, -0.25) is 0 Å². The standard InChI is InChI=1S/C17H20O2S/c1-3-9-20-13-17-10-16(14(2)19-17)12-18-11-15-7-5-4-6-8-15/h3-8,10H,1,9,11-13H2,2H3. The Bertz CT molecular complexity index is 531. The first-order valence-corrected chi connectivity index (χ1v) is 7.83. The number of ether oxygens (including phenoxy) is 1. The molecule has 0 radical (unpaired) electrons. The highest BCUT2D eigenvalue weighted by molar-refractivity contribution is 7.98. The van der Waals surface area contributed by atoms with Crippen molar-refractivity contribution in [2.75, 3.05) is 5.75 Å². The average molecular weight is 288 g/mol. The summed E-state index contributed by atoms with van der Waals surface area (Å²) in [5.74, 6) is 3.78. The van der Waals surface area contributed by atoms with Crippen molar-refractivity contribution in [1.29, 1.82) is 0 Å². The summed E-state index contributed by atoms with van der Waals surface area (Å²) in [5, 5.41) is 0. The van der Waals surface area contributed by atoms with Crippen LogP contribution in [0.3, 0.4) is 0 Å². The molecule has 0 spiro atoms. The smallest absolute Gasteiger partial charge is 0.114 e. The Morgan fingerprint density at radius 2 is 2.05 bits per heavy atom. The Hall–Kier alpha value is -1.45. The summed E-state index contributed by atoms with van der Waals surface area (Å²) in [6, 6.07) is 12.3. The van der Waals surface area contributed by atoms with E-state index in [1.807, 2.05) is 31.2 Å². The number of furan rings is 1. The van der Waals surface area contributed by atoms with Gasteiger partial charge in [-0.1, -0.05) is 36.4 Å². The molecule has 0 aliphatic rings. The van der Waals surface area contributed by atoms with Gasteiger partial charge < -0.3 is 9.15 Å². The monoisotopic (exact) mass is 288 g/mol. The zero-order valence-corrected chi connectivity index (χ0v) is 12.6. The van der Waals surface area contributed by atoms with Crippen LogP contribution in [-0.4, -0.2) is 5.75 Å². The predicted octanol–water partition coefficient (Wildman–Crippen LogP) is 4.72. The molecule has 0 N–H and O–H groups in total. The second kappa shape index (κ2) is 7.98. The Kier molecular flexibility index (Phi) is 5.96. The second-order valence-electron chi connectivity index (χ2n) is 4.58. The lowest BCUT2D eigenvalue weighted by atomic mass is 10.2. The molecule has 0 atom stereocenters. The van der Waals surface area contributed by atoms with Crippen molar-refractivity contribution in [3.63, 3.8) is 0 Å². The highest BCUT2D eigenvalue weighted by atomic mass is 32.2. The molecule has 3 heteroatoms. The Morgan fingerprint density at radius 3 is 2.80 bits per heavy atom. The molecule has 0 saturated heterocycles. The maximum atomic E-state index is 5.74. The van der Waals surface area contributed by atoms with Crippen LogP contribution in [0.2, 0.25) is 0 Å². The van der Waals surface area contributed by atoms with Crippen LogP contribution in [0.4, 0.5) is 0 Å². The number of hydrogen-bond donors (Lipinski definition) is 0. The van der Waals surface area contributed by atoms with E-state index in [0.717, 1.165) is 28.6 Å². The molecule has 0 unspecified atom stereocenters. The maximum absolute atomic E-state index is 5.74. The maximum Gasteiger partial charge on any atom is 0.114 e. The van der Waals surface area contributed by atoms with E-state index in [2.05, 4.69) is 24.8 Å². The topological polar surface area (TPSA) is 22.4 Å². The van der Waals surface area contributed by atoms with Gasteiger partial charge in [0.2, 0.25) is 0 Å². The molecular formula is C17H20O2S. The highest BCUT2D eigenvalue weighted by Crippen LogP contribution is 2.20. The van der Waals surface area contributed by atoms with Crippen LogP contribution >= 0.6 is 11.8 Å². The van der Waals surface area contributed by atoms with E-state index in [0.29, 0.717) is 13.2 Å². The minimum atomic E-state index is 0.594. The second-order valence-corrected chi connectivity index (χ2v) is 5.61. The van der Waals surface area contributed by atoms with Gasteiger partial charge in [0, 0.05) is 11.3 Å². The fraction of sp³-hybridized carbons (Fsp3) is 0.294. The molecule has 0 bridgehead atoms.